The summed E-state index contributed by atoms with van der Waals surface area (Å²) in [5, 5.41) is 31.3. The van der Waals surface area contributed by atoms with Gasteiger partial charge in [-0.15, -0.1) is 0 Å². The first-order chi connectivity index (χ1) is 14.1. The zero-order chi connectivity index (χ0) is 22.2. The smallest absolute Gasteiger partial charge is 0.187 e. The van der Waals surface area contributed by atoms with Crippen LogP contribution >= 0.6 is 0 Å². The van der Waals surface area contributed by atoms with Gasteiger partial charge in [0.2, 0.25) is 0 Å². The van der Waals surface area contributed by atoms with Gasteiger partial charge >= 0.3 is 0 Å². The van der Waals surface area contributed by atoms with Crippen molar-refractivity contribution in [3.05, 3.63) is 0 Å². The zero-order valence-corrected chi connectivity index (χ0v) is 17.2. The van der Waals surface area contributed by atoms with Crippen molar-refractivity contribution < 1.29 is 34.3 Å². The highest BCUT2D eigenvalue weighted by molar-refractivity contribution is 5.00. The van der Waals surface area contributed by atoms with E-state index in [0.29, 0.717) is 13.0 Å². The number of aliphatic hydroxyl groups excluding tert-OH is 3. The summed E-state index contributed by atoms with van der Waals surface area (Å²) in [6.07, 6.45) is -6.88. The fourth-order valence-electron chi connectivity index (χ4n) is 4.26. The molecular weight excluding hydrogens is 398 g/mol. The van der Waals surface area contributed by atoms with Gasteiger partial charge in [-0.05, 0) is 26.2 Å². The summed E-state index contributed by atoms with van der Waals surface area (Å²) in [5.41, 5.74) is 30.0. The molecule has 1 saturated carbocycles. The Bertz CT molecular complexity index is 563. The molecule has 3 rings (SSSR count). The molecular formula is C18H37N5O7. The van der Waals surface area contributed by atoms with E-state index in [9.17, 15) is 15.3 Å². The summed E-state index contributed by atoms with van der Waals surface area (Å²) in [6.45, 7) is 1.98. The maximum atomic E-state index is 10.7. The molecule has 13 atom stereocenters. The van der Waals surface area contributed by atoms with E-state index >= 15 is 0 Å². The summed E-state index contributed by atoms with van der Waals surface area (Å²) in [6, 6.07) is -2.44. The second-order valence-corrected chi connectivity index (χ2v) is 8.63. The zero-order valence-electron chi connectivity index (χ0n) is 17.2. The van der Waals surface area contributed by atoms with Gasteiger partial charge in [0.15, 0.2) is 12.6 Å². The Morgan fingerprint density at radius 1 is 0.800 bits per heavy atom. The van der Waals surface area contributed by atoms with Crippen LogP contribution in [-0.4, -0.2) is 101 Å². The molecule has 0 aromatic rings. The Hall–Kier alpha value is -0.480. The number of rotatable bonds is 5. The van der Waals surface area contributed by atoms with Crippen LogP contribution < -0.4 is 28.7 Å². The van der Waals surface area contributed by atoms with Crippen molar-refractivity contribution >= 4 is 0 Å². The van der Waals surface area contributed by atoms with Gasteiger partial charge in [0, 0.05) is 18.6 Å². The quantitative estimate of drug-likeness (QED) is 0.205. The van der Waals surface area contributed by atoms with Crippen LogP contribution in [0, 0.1) is 0 Å². The molecule has 2 saturated heterocycles. The Kier molecular flexibility index (Phi) is 8.04. The van der Waals surface area contributed by atoms with E-state index in [4.69, 9.17) is 47.6 Å². The number of nitrogens with two attached hydrogens (primary N) is 5. The Morgan fingerprint density at radius 3 is 2.13 bits per heavy atom. The first kappa shape index (κ1) is 24.2. The highest BCUT2D eigenvalue weighted by Gasteiger charge is 2.49. The molecule has 12 heteroatoms. The minimum Gasteiger partial charge on any atom is -0.389 e. The lowest BCUT2D eigenvalue weighted by Crippen LogP contribution is -2.67. The summed E-state index contributed by atoms with van der Waals surface area (Å²) in [7, 11) is 0. The average Bonchev–Trinajstić information content (AvgIpc) is 2.72. The lowest BCUT2D eigenvalue weighted by Gasteiger charge is -2.47. The molecule has 2 aliphatic heterocycles. The molecule has 0 spiro atoms. The summed E-state index contributed by atoms with van der Waals surface area (Å²) >= 11 is 0. The molecule has 3 aliphatic rings. The predicted octanol–water partition coefficient (Wildman–Crippen LogP) is -4.24. The standard InChI is InChI=1S/C18H37N5O7/c1-6-11(23)13(25)14(26)18(27-6)30-16-12(24)9(21)4-10(22)15(16)29-17-8(20)3-2-7(5-19)28-17/h6-18,24-26H,2-5,19-23H2,1H3/t6?,7?,8?,9-,10?,11-,12?,13+,14?,15?,16-,17-,18+/m1/s1. The molecule has 12 nitrogen and oxygen atoms in total. The third kappa shape index (κ3) is 4.95. The van der Waals surface area contributed by atoms with Gasteiger partial charge in [0.05, 0.1) is 30.4 Å². The molecule has 3 fully saturated rings. The lowest BCUT2D eigenvalue weighted by atomic mass is 9.84. The molecule has 7 unspecified atom stereocenters. The number of hydrogen-bond donors (Lipinski definition) is 8. The Morgan fingerprint density at radius 2 is 1.47 bits per heavy atom. The monoisotopic (exact) mass is 435 g/mol. The van der Waals surface area contributed by atoms with Crippen molar-refractivity contribution in [1.82, 2.24) is 0 Å². The Balaban J connectivity index is 1.76. The minimum atomic E-state index is -1.42. The third-order valence-corrected chi connectivity index (χ3v) is 6.32. The van der Waals surface area contributed by atoms with E-state index in [1.807, 2.05) is 0 Å². The van der Waals surface area contributed by atoms with E-state index in [2.05, 4.69) is 0 Å². The van der Waals surface area contributed by atoms with Gasteiger partial charge < -0.3 is 62.9 Å². The van der Waals surface area contributed by atoms with Crippen LogP contribution in [0.25, 0.3) is 0 Å². The first-order valence-corrected chi connectivity index (χ1v) is 10.5. The normalized spacial score (nSPS) is 52.9. The van der Waals surface area contributed by atoms with Crippen molar-refractivity contribution in [2.45, 2.75) is 106 Å². The predicted molar refractivity (Wildman–Crippen MR) is 106 cm³/mol. The van der Waals surface area contributed by atoms with E-state index in [0.717, 1.165) is 6.42 Å². The summed E-state index contributed by atoms with van der Waals surface area (Å²) < 4.78 is 23.4. The second-order valence-electron chi connectivity index (χ2n) is 8.63. The largest absolute Gasteiger partial charge is 0.389 e. The van der Waals surface area contributed by atoms with Gasteiger partial charge in [0.25, 0.3) is 0 Å². The number of ether oxygens (including phenoxy) is 4. The van der Waals surface area contributed by atoms with E-state index in [1.54, 1.807) is 6.92 Å². The van der Waals surface area contributed by atoms with Crippen molar-refractivity contribution in [2.24, 2.45) is 28.7 Å². The number of aliphatic hydroxyl groups is 3. The van der Waals surface area contributed by atoms with Crippen LogP contribution in [0.1, 0.15) is 26.2 Å². The highest BCUT2D eigenvalue weighted by Crippen LogP contribution is 2.31. The molecule has 1 aliphatic carbocycles. The van der Waals surface area contributed by atoms with Gasteiger partial charge in [-0.1, -0.05) is 0 Å². The van der Waals surface area contributed by atoms with Crippen LogP contribution in [-0.2, 0) is 18.9 Å². The Labute approximate surface area is 175 Å². The summed E-state index contributed by atoms with van der Waals surface area (Å²) in [4.78, 5) is 0. The van der Waals surface area contributed by atoms with Crippen molar-refractivity contribution in [3.8, 4) is 0 Å². The molecule has 176 valence electrons. The van der Waals surface area contributed by atoms with Crippen LogP contribution in [0.5, 0.6) is 0 Å². The fourth-order valence-corrected chi connectivity index (χ4v) is 4.26. The van der Waals surface area contributed by atoms with Crippen LogP contribution in [0.2, 0.25) is 0 Å². The van der Waals surface area contributed by atoms with E-state index in [1.165, 1.54) is 0 Å². The summed E-state index contributed by atoms with van der Waals surface area (Å²) in [5.74, 6) is 0. The van der Waals surface area contributed by atoms with Gasteiger partial charge in [-0.2, -0.15) is 0 Å². The first-order valence-electron chi connectivity index (χ1n) is 10.5. The molecule has 0 bridgehead atoms. The third-order valence-electron chi connectivity index (χ3n) is 6.32. The van der Waals surface area contributed by atoms with Crippen LogP contribution in [0.4, 0.5) is 0 Å². The highest BCUT2D eigenvalue weighted by atomic mass is 16.7. The minimum absolute atomic E-state index is 0.192. The maximum absolute atomic E-state index is 10.7. The molecule has 2 heterocycles. The second kappa shape index (κ2) is 9.98. The van der Waals surface area contributed by atoms with Crippen LogP contribution in [0.15, 0.2) is 0 Å². The van der Waals surface area contributed by atoms with Crippen molar-refractivity contribution in [2.75, 3.05) is 6.54 Å². The topological polar surface area (TPSA) is 228 Å². The van der Waals surface area contributed by atoms with Crippen molar-refractivity contribution in [1.29, 1.82) is 0 Å². The average molecular weight is 436 g/mol. The molecule has 0 radical (unpaired) electrons. The van der Waals surface area contributed by atoms with Gasteiger partial charge in [-0.25, -0.2) is 0 Å². The lowest BCUT2D eigenvalue weighted by molar-refractivity contribution is -0.321. The van der Waals surface area contributed by atoms with E-state index < -0.39 is 73.4 Å². The molecule has 0 amide bonds. The molecule has 0 aromatic heterocycles. The van der Waals surface area contributed by atoms with Crippen molar-refractivity contribution in [3.63, 3.8) is 0 Å². The van der Waals surface area contributed by atoms with Gasteiger partial charge in [0.1, 0.15) is 24.4 Å². The van der Waals surface area contributed by atoms with E-state index in [-0.39, 0.29) is 12.5 Å². The SMILES string of the molecule is CC1O[C@@H](O[C@H]2C(O[C@H]3OC(CN)CCC3N)C(N)C[C@@H](N)C2O)C(O)[C@@H](O)[C@@H]1N. The molecule has 0 aromatic carbocycles. The van der Waals surface area contributed by atoms with Gasteiger partial charge in [-0.3, -0.25) is 0 Å². The fraction of sp³-hybridized carbons (Fsp3) is 1.00. The molecule has 30 heavy (non-hydrogen) atoms. The number of hydrogen-bond acceptors (Lipinski definition) is 12. The van der Waals surface area contributed by atoms with Crippen LogP contribution in [0.3, 0.4) is 0 Å². The maximum Gasteiger partial charge on any atom is 0.187 e. The molecule has 13 N–H and O–H groups in total.